The molecule has 8 nitrogen and oxygen atoms in total. The fourth-order valence-electron chi connectivity index (χ4n) is 3.59. The molecule has 2 N–H and O–H groups in total. The van der Waals surface area contributed by atoms with E-state index in [2.05, 4.69) is 23.7 Å². The predicted molar refractivity (Wildman–Crippen MR) is 112 cm³/mol. The Labute approximate surface area is 173 Å². The highest BCUT2D eigenvalue weighted by Crippen LogP contribution is 2.35. The summed E-state index contributed by atoms with van der Waals surface area (Å²) >= 11 is 0. The molecule has 0 saturated carbocycles. The van der Waals surface area contributed by atoms with Gasteiger partial charge in [-0.1, -0.05) is 12.7 Å². The van der Waals surface area contributed by atoms with Gasteiger partial charge in [0, 0.05) is 6.07 Å². The number of nitrogens with zero attached hydrogens (tertiary/aromatic N) is 4. The van der Waals surface area contributed by atoms with Gasteiger partial charge in [-0.15, -0.1) is 0 Å². The summed E-state index contributed by atoms with van der Waals surface area (Å²) in [5, 5.41) is 28.7. The van der Waals surface area contributed by atoms with Gasteiger partial charge in [0.25, 0.3) is 5.69 Å². The van der Waals surface area contributed by atoms with Gasteiger partial charge >= 0.3 is 0 Å². The molecular weight excluding hydrogens is 382 g/mol. The number of nitrogen functional groups attached to an aromatic ring is 1. The number of nitro groups is 1. The van der Waals surface area contributed by atoms with Crippen molar-refractivity contribution in [2.24, 2.45) is 0 Å². The van der Waals surface area contributed by atoms with Crippen LogP contribution in [0.5, 0.6) is 0 Å². The van der Waals surface area contributed by atoms with E-state index >= 15 is 0 Å². The van der Waals surface area contributed by atoms with Crippen molar-refractivity contribution in [2.45, 2.75) is 33.5 Å². The number of pyridine rings is 1. The summed E-state index contributed by atoms with van der Waals surface area (Å²) in [5.41, 5.74) is 12.7. The Kier molecular flexibility index (Phi) is 5.63. The van der Waals surface area contributed by atoms with Gasteiger partial charge in [0.05, 0.1) is 40.5 Å². The van der Waals surface area contributed by atoms with Crippen LogP contribution in [-0.2, 0) is 24.4 Å². The zero-order valence-corrected chi connectivity index (χ0v) is 16.7. The Morgan fingerprint density at radius 3 is 2.50 bits per heavy atom. The second kappa shape index (κ2) is 8.16. The topological polar surface area (TPSA) is 139 Å². The van der Waals surface area contributed by atoms with E-state index in [9.17, 15) is 10.1 Å². The lowest BCUT2D eigenvalue weighted by Gasteiger charge is -2.08. The molecule has 2 aromatic rings. The number of anilines is 1. The van der Waals surface area contributed by atoms with Gasteiger partial charge in [-0.2, -0.15) is 10.5 Å². The van der Waals surface area contributed by atoms with Crippen LogP contribution in [0.4, 0.5) is 11.5 Å². The number of nitriles is 2. The second-order valence-corrected chi connectivity index (χ2v) is 7.01. The average molecular weight is 401 g/mol. The van der Waals surface area contributed by atoms with Crippen molar-refractivity contribution in [3.63, 3.8) is 0 Å². The molecule has 0 radical (unpaired) electrons. The van der Waals surface area contributed by atoms with Gasteiger partial charge in [-0.3, -0.25) is 10.1 Å². The van der Waals surface area contributed by atoms with Crippen LogP contribution in [-0.4, -0.2) is 9.91 Å². The van der Waals surface area contributed by atoms with Gasteiger partial charge in [0.1, 0.15) is 18.0 Å². The quantitative estimate of drug-likeness (QED) is 0.593. The van der Waals surface area contributed by atoms with Crippen LogP contribution >= 0.6 is 0 Å². The maximum Gasteiger partial charge on any atom is 0.276 e. The maximum absolute atomic E-state index is 10.7. The molecule has 1 aromatic carbocycles. The Morgan fingerprint density at radius 1 is 1.27 bits per heavy atom. The number of nitro benzene ring substituents is 1. The van der Waals surface area contributed by atoms with Gasteiger partial charge in [0.15, 0.2) is 0 Å². The molecule has 0 amide bonds. The number of fused-ring (bicyclic) bond motifs is 2. The zero-order chi connectivity index (χ0) is 22.0. The molecule has 1 aliphatic carbocycles. The predicted octanol–water partition coefficient (Wildman–Crippen LogP) is 3.97. The highest BCUT2D eigenvalue weighted by molar-refractivity contribution is 5.85. The number of nitrogens with two attached hydrogens (primary N) is 1. The second-order valence-electron chi connectivity index (χ2n) is 7.01. The number of benzene rings is 1. The molecule has 0 unspecified atom stereocenters. The maximum atomic E-state index is 10.7. The van der Waals surface area contributed by atoms with E-state index in [-0.39, 0.29) is 11.5 Å². The monoisotopic (exact) mass is 401 g/mol. The third-order valence-corrected chi connectivity index (χ3v) is 5.21. The Bertz CT molecular complexity index is 1200. The first-order chi connectivity index (χ1) is 14.3. The molecule has 150 valence electrons. The minimum Gasteiger partial charge on any atom is -0.383 e. The molecule has 2 heterocycles. The van der Waals surface area contributed by atoms with Crippen molar-refractivity contribution in [1.29, 1.82) is 10.5 Å². The summed E-state index contributed by atoms with van der Waals surface area (Å²) in [6.45, 7) is 8.31. The van der Waals surface area contributed by atoms with Crippen molar-refractivity contribution in [3.8, 4) is 12.1 Å². The third-order valence-electron chi connectivity index (χ3n) is 5.21. The smallest absolute Gasteiger partial charge is 0.276 e. The highest BCUT2D eigenvalue weighted by atomic mass is 16.6. The fraction of sp³-hybridized carbons (Fsp3) is 0.227. The fourth-order valence-corrected chi connectivity index (χ4v) is 3.59. The van der Waals surface area contributed by atoms with Crippen LogP contribution in [0.25, 0.3) is 11.6 Å². The molecule has 0 fully saturated rings. The minimum atomic E-state index is -0.393. The SMILES string of the molecule is C=Cc1cc2c(cc1[N+](=O)[O-])COC2.CC1=C(C#N)c2nc(N)c(C#N)c(C)c2C1. The molecule has 30 heavy (non-hydrogen) atoms. The normalized spacial score (nSPS) is 13.5. The summed E-state index contributed by atoms with van der Waals surface area (Å²) < 4.78 is 5.19. The van der Waals surface area contributed by atoms with Crippen LogP contribution in [0, 0.1) is 39.7 Å². The lowest BCUT2D eigenvalue weighted by atomic mass is 10.0. The molecule has 0 spiro atoms. The lowest BCUT2D eigenvalue weighted by molar-refractivity contribution is -0.385. The largest absolute Gasteiger partial charge is 0.383 e. The number of allylic oxidation sites excluding steroid dienone is 2. The summed E-state index contributed by atoms with van der Waals surface area (Å²) in [6.07, 6.45) is 2.18. The number of aromatic nitrogens is 1. The van der Waals surface area contributed by atoms with E-state index in [0.29, 0.717) is 42.0 Å². The van der Waals surface area contributed by atoms with Gasteiger partial charge in [0.2, 0.25) is 0 Å². The standard InChI is InChI=1S/C12H10N4.C10H9NO3/c1-6-3-8-7(2)10(5-14)12(15)16-11(8)9(6)4-13;1-2-7-3-8-5-14-6-9(8)4-10(7)11(12)13/h3H2,1-2H3,(H2,15,16);2-4H,1,5-6H2. The summed E-state index contributed by atoms with van der Waals surface area (Å²) in [5.74, 6) is 0.209. The summed E-state index contributed by atoms with van der Waals surface area (Å²) in [6, 6.07) is 7.53. The van der Waals surface area contributed by atoms with Crippen LogP contribution in [0.1, 0.15) is 46.0 Å². The average Bonchev–Trinajstić information content (AvgIpc) is 3.30. The van der Waals surface area contributed by atoms with Crippen molar-refractivity contribution in [2.75, 3.05) is 5.73 Å². The molecule has 1 aromatic heterocycles. The van der Waals surface area contributed by atoms with E-state index in [1.165, 1.54) is 6.08 Å². The Balaban J connectivity index is 0.000000172. The summed E-state index contributed by atoms with van der Waals surface area (Å²) in [7, 11) is 0. The first kappa shape index (κ1) is 20.7. The first-order valence-corrected chi connectivity index (χ1v) is 9.12. The number of ether oxygens (including phenoxy) is 1. The Morgan fingerprint density at radius 2 is 1.93 bits per heavy atom. The molecule has 0 bridgehead atoms. The molecule has 2 aliphatic rings. The number of rotatable bonds is 2. The van der Waals surface area contributed by atoms with Gasteiger partial charge in [-0.25, -0.2) is 4.98 Å². The molecule has 0 atom stereocenters. The summed E-state index contributed by atoms with van der Waals surface area (Å²) in [4.78, 5) is 14.5. The lowest BCUT2D eigenvalue weighted by Crippen LogP contribution is -2.03. The van der Waals surface area contributed by atoms with E-state index in [1.54, 1.807) is 12.1 Å². The van der Waals surface area contributed by atoms with E-state index in [0.717, 1.165) is 27.8 Å². The Hall–Kier alpha value is -4.01. The zero-order valence-electron chi connectivity index (χ0n) is 16.7. The van der Waals surface area contributed by atoms with Crippen LogP contribution in [0.2, 0.25) is 0 Å². The van der Waals surface area contributed by atoms with Crippen molar-refractivity contribution in [1.82, 2.24) is 4.98 Å². The van der Waals surface area contributed by atoms with Crippen LogP contribution < -0.4 is 5.73 Å². The van der Waals surface area contributed by atoms with Crippen molar-refractivity contribution in [3.05, 3.63) is 73.5 Å². The van der Waals surface area contributed by atoms with Crippen molar-refractivity contribution < 1.29 is 9.66 Å². The molecule has 1 aliphatic heterocycles. The number of hydrogen-bond acceptors (Lipinski definition) is 7. The van der Waals surface area contributed by atoms with Gasteiger partial charge in [-0.05, 0) is 54.2 Å². The molecule has 0 saturated heterocycles. The van der Waals surface area contributed by atoms with E-state index < -0.39 is 4.92 Å². The minimum absolute atomic E-state index is 0.101. The third kappa shape index (κ3) is 3.52. The van der Waals surface area contributed by atoms with Gasteiger partial charge < -0.3 is 10.5 Å². The van der Waals surface area contributed by atoms with Crippen molar-refractivity contribution >= 4 is 23.2 Å². The highest BCUT2D eigenvalue weighted by Gasteiger charge is 2.25. The van der Waals surface area contributed by atoms with Crippen LogP contribution in [0.3, 0.4) is 0 Å². The molecule has 4 rings (SSSR count). The van der Waals surface area contributed by atoms with E-state index in [1.807, 2.05) is 13.8 Å². The molecular formula is C22H19N5O3. The number of hydrogen-bond donors (Lipinski definition) is 1. The molecule has 8 heteroatoms. The van der Waals surface area contributed by atoms with Crippen LogP contribution in [0.15, 0.2) is 24.3 Å². The van der Waals surface area contributed by atoms with E-state index in [4.69, 9.17) is 21.0 Å². The first-order valence-electron chi connectivity index (χ1n) is 9.12.